The fourth-order valence-corrected chi connectivity index (χ4v) is 2.06. The second kappa shape index (κ2) is 6.29. The highest BCUT2D eigenvalue weighted by Crippen LogP contribution is 2.29. The molecule has 102 valence electrons. The van der Waals surface area contributed by atoms with Gasteiger partial charge in [0.2, 0.25) is 0 Å². The number of benzene rings is 1. The summed E-state index contributed by atoms with van der Waals surface area (Å²) in [5.41, 5.74) is 6.57. The van der Waals surface area contributed by atoms with Crippen molar-refractivity contribution < 1.29 is 13.2 Å². The van der Waals surface area contributed by atoms with Crippen molar-refractivity contribution in [3.8, 4) is 0 Å². The Morgan fingerprint density at radius 1 is 1.33 bits per heavy atom. The Morgan fingerprint density at radius 3 is 2.50 bits per heavy atom. The molecule has 0 aromatic heterocycles. The fourth-order valence-electron chi connectivity index (χ4n) is 1.82. The van der Waals surface area contributed by atoms with Crippen molar-refractivity contribution in [2.75, 3.05) is 18.0 Å². The number of hydrogen-bond donors (Lipinski definition) is 1. The third-order valence-electron chi connectivity index (χ3n) is 2.50. The van der Waals surface area contributed by atoms with Crippen LogP contribution in [0.5, 0.6) is 0 Å². The molecule has 1 rings (SSSR count). The molecule has 0 spiro atoms. The van der Waals surface area contributed by atoms with E-state index >= 15 is 0 Å². The summed E-state index contributed by atoms with van der Waals surface area (Å²) in [5, 5.41) is 0.401. The van der Waals surface area contributed by atoms with E-state index in [1.165, 1.54) is 4.90 Å². The lowest BCUT2D eigenvalue weighted by Gasteiger charge is -2.28. The van der Waals surface area contributed by atoms with Crippen molar-refractivity contribution in [2.45, 2.75) is 26.1 Å². The summed E-state index contributed by atoms with van der Waals surface area (Å²) in [6.45, 7) is 1.27. The molecule has 2 nitrogen and oxygen atoms in total. The van der Waals surface area contributed by atoms with E-state index in [4.69, 9.17) is 17.3 Å². The molecule has 0 fully saturated rings. The molecule has 0 bridgehead atoms. The summed E-state index contributed by atoms with van der Waals surface area (Å²) in [6.07, 6.45) is -3.63. The summed E-state index contributed by atoms with van der Waals surface area (Å²) in [7, 11) is 0. The van der Waals surface area contributed by atoms with E-state index in [2.05, 4.69) is 0 Å². The molecule has 6 heteroatoms. The van der Waals surface area contributed by atoms with Gasteiger partial charge in [0.1, 0.15) is 6.54 Å². The molecule has 0 radical (unpaired) electrons. The summed E-state index contributed by atoms with van der Waals surface area (Å²) in [6, 6.07) is 4.89. The van der Waals surface area contributed by atoms with Crippen LogP contribution in [0.4, 0.5) is 18.9 Å². The largest absolute Gasteiger partial charge is 0.405 e. The van der Waals surface area contributed by atoms with Crippen molar-refractivity contribution >= 4 is 17.3 Å². The van der Waals surface area contributed by atoms with Gasteiger partial charge < -0.3 is 10.6 Å². The average molecular weight is 281 g/mol. The van der Waals surface area contributed by atoms with Crippen molar-refractivity contribution in [3.05, 3.63) is 28.8 Å². The van der Waals surface area contributed by atoms with E-state index in [0.29, 0.717) is 29.2 Å². The van der Waals surface area contributed by atoms with Gasteiger partial charge in [0.25, 0.3) is 0 Å². The molecule has 0 aliphatic carbocycles. The van der Waals surface area contributed by atoms with E-state index in [1.54, 1.807) is 18.2 Å². The number of anilines is 1. The van der Waals surface area contributed by atoms with Gasteiger partial charge in [-0.15, -0.1) is 0 Å². The topological polar surface area (TPSA) is 29.3 Å². The number of halogens is 4. The second-order valence-corrected chi connectivity index (χ2v) is 4.39. The van der Waals surface area contributed by atoms with Gasteiger partial charge in [0.15, 0.2) is 0 Å². The molecule has 0 saturated heterocycles. The van der Waals surface area contributed by atoms with Crippen LogP contribution in [0.15, 0.2) is 18.2 Å². The third kappa shape index (κ3) is 4.07. The zero-order valence-electron chi connectivity index (χ0n) is 10.1. The zero-order chi connectivity index (χ0) is 13.8. The summed E-state index contributed by atoms with van der Waals surface area (Å²) < 4.78 is 37.6. The molecule has 0 amide bonds. The smallest absolute Gasteiger partial charge is 0.362 e. The van der Waals surface area contributed by atoms with Gasteiger partial charge in [0.05, 0.1) is 0 Å². The van der Waals surface area contributed by atoms with E-state index < -0.39 is 12.7 Å². The van der Waals surface area contributed by atoms with Crippen molar-refractivity contribution in [3.63, 3.8) is 0 Å². The lowest BCUT2D eigenvalue weighted by atomic mass is 10.1. The second-order valence-electron chi connectivity index (χ2n) is 3.98. The Kier molecular flexibility index (Phi) is 5.28. The number of alkyl halides is 3. The minimum absolute atomic E-state index is 0.118. The van der Waals surface area contributed by atoms with Crippen LogP contribution >= 0.6 is 11.6 Å². The van der Waals surface area contributed by atoms with Gasteiger partial charge in [-0.2, -0.15) is 13.2 Å². The maximum Gasteiger partial charge on any atom is 0.405 e. The van der Waals surface area contributed by atoms with Crippen LogP contribution < -0.4 is 10.6 Å². The molecule has 0 atom stereocenters. The molecule has 1 aromatic rings. The number of nitrogens with zero attached hydrogens (tertiary/aromatic N) is 1. The van der Waals surface area contributed by atoms with Gasteiger partial charge in [-0.05, 0) is 18.6 Å². The molecule has 2 N–H and O–H groups in total. The Hall–Kier alpha value is -0.940. The molecule has 0 aliphatic rings. The first kappa shape index (κ1) is 15.1. The lowest BCUT2D eigenvalue weighted by Crippen LogP contribution is -2.35. The minimum Gasteiger partial charge on any atom is -0.362 e. The first-order valence-electron chi connectivity index (χ1n) is 5.68. The van der Waals surface area contributed by atoms with Gasteiger partial charge in [-0.3, -0.25) is 0 Å². The van der Waals surface area contributed by atoms with Crippen molar-refractivity contribution in [2.24, 2.45) is 5.73 Å². The van der Waals surface area contributed by atoms with Crippen LogP contribution in [-0.2, 0) is 6.54 Å². The van der Waals surface area contributed by atoms with Crippen LogP contribution in [0.3, 0.4) is 0 Å². The predicted molar refractivity (Wildman–Crippen MR) is 67.9 cm³/mol. The standard InChI is InChI=1S/C12H16ClF3N2/c1-2-6-18(8-12(14,15)16)11-5-3-4-10(13)9(11)7-17/h3-5H,2,6-8,17H2,1H3. The molecule has 1 aromatic carbocycles. The maximum absolute atomic E-state index is 12.5. The van der Waals surface area contributed by atoms with Crippen LogP contribution in [0.1, 0.15) is 18.9 Å². The monoisotopic (exact) mass is 280 g/mol. The van der Waals surface area contributed by atoms with Crippen LogP contribution in [-0.4, -0.2) is 19.3 Å². The van der Waals surface area contributed by atoms with E-state index in [0.717, 1.165) is 0 Å². The quantitative estimate of drug-likeness (QED) is 0.893. The van der Waals surface area contributed by atoms with E-state index in [-0.39, 0.29) is 6.54 Å². The molecule has 18 heavy (non-hydrogen) atoms. The first-order valence-corrected chi connectivity index (χ1v) is 6.06. The van der Waals surface area contributed by atoms with Crippen molar-refractivity contribution in [1.29, 1.82) is 0 Å². The van der Waals surface area contributed by atoms with Gasteiger partial charge in [-0.1, -0.05) is 24.6 Å². The Morgan fingerprint density at radius 2 is 2.00 bits per heavy atom. The Bertz CT molecular complexity index is 393. The van der Waals surface area contributed by atoms with Gasteiger partial charge in [0, 0.05) is 29.4 Å². The first-order chi connectivity index (χ1) is 8.39. The molecular weight excluding hydrogens is 265 g/mol. The highest BCUT2D eigenvalue weighted by Gasteiger charge is 2.31. The fraction of sp³-hybridized carbons (Fsp3) is 0.500. The van der Waals surface area contributed by atoms with Crippen LogP contribution in [0.2, 0.25) is 5.02 Å². The molecular formula is C12H16ClF3N2. The minimum atomic E-state index is -4.25. The van der Waals surface area contributed by atoms with Gasteiger partial charge in [-0.25, -0.2) is 0 Å². The molecule has 0 unspecified atom stereocenters. The van der Waals surface area contributed by atoms with Gasteiger partial charge >= 0.3 is 6.18 Å². The highest BCUT2D eigenvalue weighted by atomic mass is 35.5. The summed E-state index contributed by atoms with van der Waals surface area (Å²) in [4.78, 5) is 1.27. The number of hydrogen-bond acceptors (Lipinski definition) is 2. The summed E-state index contributed by atoms with van der Waals surface area (Å²) >= 11 is 5.96. The van der Waals surface area contributed by atoms with E-state index in [9.17, 15) is 13.2 Å². The SMILES string of the molecule is CCCN(CC(F)(F)F)c1cccc(Cl)c1CN. The molecule has 0 heterocycles. The van der Waals surface area contributed by atoms with Crippen molar-refractivity contribution in [1.82, 2.24) is 0 Å². The summed E-state index contributed by atoms with van der Waals surface area (Å²) in [5.74, 6) is 0. The van der Waals surface area contributed by atoms with Crippen LogP contribution in [0.25, 0.3) is 0 Å². The number of rotatable bonds is 5. The normalized spacial score (nSPS) is 11.7. The number of nitrogens with two attached hydrogens (primary N) is 1. The molecule has 0 saturated carbocycles. The molecule has 0 aliphatic heterocycles. The predicted octanol–water partition coefficient (Wildman–Crippen LogP) is 3.58. The van der Waals surface area contributed by atoms with Crippen LogP contribution in [0, 0.1) is 0 Å². The van der Waals surface area contributed by atoms with E-state index in [1.807, 2.05) is 6.92 Å². The zero-order valence-corrected chi connectivity index (χ0v) is 10.9. The third-order valence-corrected chi connectivity index (χ3v) is 2.86. The lowest BCUT2D eigenvalue weighted by molar-refractivity contribution is -0.119. The maximum atomic E-state index is 12.5. The Balaban J connectivity index is 3.09. The highest BCUT2D eigenvalue weighted by molar-refractivity contribution is 6.31. The average Bonchev–Trinajstić information content (AvgIpc) is 2.26. The Labute approximate surface area is 110 Å².